The Bertz CT molecular complexity index is 112. The molecule has 2 N–H and O–H groups in total. The van der Waals surface area contributed by atoms with Crippen molar-refractivity contribution in [1.82, 2.24) is 0 Å². The molecule has 0 aliphatic rings. The van der Waals surface area contributed by atoms with Gasteiger partial charge < -0.3 is 24.7 Å². The first kappa shape index (κ1) is 13.8. The molecule has 0 unspecified atom stereocenters. The first-order valence-corrected chi connectivity index (χ1v) is 4.54. The van der Waals surface area contributed by atoms with Gasteiger partial charge in [0.1, 0.15) is 0 Å². The fraction of sp³-hybridized carbons (Fsp3) is 1.00. The highest BCUT2D eigenvalue weighted by Crippen LogP contribution is 2.08. The number of hydrogen-bond donors (Lipinski definition) is 1. The molecule has 0 atom stereocenters. The summed E-state index contributed by atoms with van der Waals surface area (Å²) in [5.74, 6) is 0. The fourth-order valence-electron chi connectivity index (χ4n) is 1.17. The Morgan fingerprint density at radius 3 is 1.29 bits per heavy atom. The van der Waals surface area contributed by atoms with Crippen LogP contribution in [0.4, 0.5) is 0 Å². The molecular formula is C9H21NO4. The van der Waals surface area contributed by atoms with Gasteiger partial charge in [0, 0.05) is 47.3 Å². The molecule has 5 heteroatoms. The van der Waals surface area contributed by atoms with E-state index in [0.717, 1.165) is 0 Å². The van der Waals surface area contributed by atoms with E-state index in [1.165, 1.54) is 0 Å². The Hall–Kier alpha value is -0.200. The van der Waals surface area contributed by atoms with Crippen LogP contribution in [0.15, 0.2) is 0 Å². The Morgan fingerprint density at radius 1 is 0.786 bits per heavy atom. The minimum atomic E-state index is -0.264. The first-order valence-electron chi connectivity index (χ1n) is 4.54. The van der Waals surface area contributed by atoms with Crippen molar-refractivity contribution in [2.45, 2.75) is 31.5 Å². The van der Waals surface area contributed by atoms with Crippen molar-refractivity contribution in [3.05, 3.63) is 0 Å². The van der Waals surface area contributed by atoms with E-state index in [1.807, 2.05) is 0 Å². The molecule has 0 fully saturated rings. The van der Waals surface area contributed by atoms with E-state index in [4.69, 9.17) is 24.7 Å². The van der Waals surface area contributed by atoms with Crippen LogP contribution in [0, 0.1) is 0 Å². The number of methoxy groups -OCH3 is 4. The van der Waals surface area contributed by atoms with Crippen LogP contribution in [-0.4, -0.2) is 47.1 Å². The van der Waals surface area contributed by atoms with E-state index < -0.39 is 0 Å². The Kier molecular flexibility index (Phi) is 8.02. The summed E-state index contributed by atoms with van der Waals surface area (Å²) in [6, 6.07) is -0.0650. The molecule has 0 aromatic heterocycles. The summed E-state index contributed by atoms with van der Waals surface area (Å²) >= 11 is 0. The summed E-state index contributed by atoms with van der Waals surface area (Å²) in [5, 5.41) is 0. The first-order chi connectivity index (χ1) is 6.67. The predicted molar refractivity (Wildman–Crippen MR) is 52.8 cm³/mol. The predicted octanol–water partition coefficient (Wildman–Crippen LogP) is 0.332. The largest absolute Gasteiger partial charge is 0.356 e. The standard InChI is InChI=1S/C9H21NO4/c1-11-8(12-2)5-7(10)6-9(13-3)14-4/h7-9H,5-6,10H2,1-4H3. The Labute approximate surface area is 85.5 Å². The highest BCUT2D eigenvalue weighted by atomic mass is 16.7. The van der Waals surface area contributed by atoms with E-state index in [2.05, 4.69) is 0 Å². The molecule has 0 aliphatic heterocycles. The lowest BCUT2D eigenvalue weighted by Crippen LogP contribution is -2.33. The minimum Gasteiger partial charge on any atom is -0.356 e. The molecule has 0 saturated heterocycles. The maximum Gasteiger partial charge on any atom is 0.158 e. The molecule has 0 aliphatic carbocycles. The van der Waals surface area contributed by atoms with Gasteiger partial charge in [-0.2, -0.15) is 0 Å². The van der Waals surface area contributed by atoms with Gasteiger partial charge >= 0.3 is 0 Å². The van der Waals surface area contributed by atoms with Gasteiger partial charge in [-0.05, 0) is 0 Å². The van der Waals surface area contributed by atoms with Gasteiger partial charge in [-0.1, -0.05) is 0 Å². The summed E-state index contributed by atoms with van der Waals surface area (Å²) < 4.78 is 20.1. The van der Waals surface area contributed by atoms with Gasteiger partial charge in [-0.25, -0.2) is 0 Å². The molecule has 0 bridgehead atoms. The molecule has 0 amide bonds. The lowest BCUT2D eigenvalue weighted by molar-refractivity contribution is -0.127. The van der Waals surface area contributed by atoms with Crippen molar-refractivity contribution in [1.29, 1.82) is 0 Å². The molecule has 5 nitrogen and oxygen atoms in total. The van der Waals surface area contributed by atoms with Crippen molar-refractivity contribution >= 4 is 0 Å². The van der Waals surface area contributed by atoms with Crippen molar-refractivity contribution in [3.63, 3.8) is 0 Å². The van der Waals surface area contributed by atoms with Gasteiger partial charge in [0.05, 0.1) is 0 Å². The van der Waals surface area contributed by atoms with Gasteiger partial charge in [0.25, 0.3) is 0 Å². The summed E-state index contributed by atoms with van der Waals surface area (Å²) in [4.78, 5) is 0. The van der Waals surface area contributed by atoms with Crippen molar-refractivity contribution in [3.8, 4) is 0 Å². The second-order valence-corrected chi connectivity index (χ2v) is 3.03. The van der Waals surface area contributed by atoms with Gasteiger partial charge in [-0.3, -0.25) is 0 Å². The van der Waals surface area contributed by atoms with E-state index in [1.54, 1.807) is 28.4 Å². The normalized spacial score (nSPS) is 12.0. The summed E-state index contributed by atoms with van der Waals surface area (Å²) in [6.07, 6.45) is 0.714. The SMILES string of the molecule is COC(CC(N)CC(OC)OC)OC. The average Bonchev–Trinajstić information content (AvgIpc) is 2.22. The molecular weight excluding hydrogens is 186 g/mol. The van der Waals surface area contributed by atoms with Crippen LogP contribution in [0.1, 0.15) is 12.8 Å². The smallest absolute Gasteiger partial charge is 0.158 e. The van der Waals surface area contributed by atoms with E-state index >= 15 is 0 Å². The maximum absolute atomic E-state index is 5.86. The number of ether oxygens (including phenoxy) is 4. The highest BCUT2D eigenvalue weighted by Gasteiger charge is 2.16. The monoisotopic (exact) mass is 207 g/mol. The third-order valence-electron chi connectivity index (χ3n) is 2.04. The third kappa shape index (κ3) is 5.51. The van der Waals surface area contributed by atoms with Crippen LogP contribution in [0.3, 0.4) is 0 Å². The lowest BCUT2D eigenvalue weighted by Gasteiger charge is -2.21. The molecule has 0 aromatic rings. The lowest BCUT2D eigenvalue weighted by atomic mass is 10.1. The topological polar surface area (TPSA) is 62.9 Å². The highest BCUT2D eigenvalue weighted by molar-refractivity contribution is 4.65. The zero-order chi connectivity index (χ0) is 11.0. The second-order valence-electron chi connectivity index (χ2n) is 3.03. The van der Waals surface area contributed by atoms with Crippen LogP contribution in [-0.2, 0) is 18.9 Å². The molecule has 14 heavy (non-hydrogen) atoms. The quantitative estimate of drug-likeness (QED) is 0.581. The van der Waals surface area contributed by atoms with Crippen molar-refractivity contribution in [2.24, 2.45) is 5.73 Å². The molecule has 0 saturated carbocycles. The molecule has 0 aromatic carbocycles. The van der Waals surface area contributed by atoms with E-state index in [9.17, 15) is 0 Å². The molecule has 0 spiro atoms. The van der Waals surface area contributed by atoms with Crippen LogP contribution in [0.5, 0.6) is 0 Å². The van der Waals surface area contributed by atoms with Crippen molar-refractivity contribution in [2.75, 3.05) is 28.4 Å². The van der Waals surface area contributed by atoms with Gasteiger partial charge in [0.15, 0.2) is 12.6 Å². The zero-order valence-electron chi connectivity index (χ0n) is 9.36. The number of rotatable bonds is 8. The third-order valence-corrected chi connectivity index (χ3v) is 2.04. The summed E-state index contributed by atoms with van der Waals surface area (Å²) in [7, 11) is 6.35. The Morgan fingerprint density at radius 2 is 1.07 bits per heavy atom. The summed E-state index contributed by atoms with van der Waals surface area (Å²) in [5.41, 5.74) is 5.86. The van der Waals surface area contributed by atoms with Gasteiger partial charge in [-0.15, -0.1) is 0 Å². The average molecular weight is 207 g/mol. The molecule has 0 radical (unpaired) electrons. The zero-order valence-corrected chi connectivity index (χ0v) is 9.36. The van der Waals surface area contributed by atoms with Crippen LogP contribution in [0.2, 0.25) is 0 Å². The minimum absolute atomic E-state index is 0.0650. The molecule has 86 valence electrons. The second kappa shape index (κ2) is 8.14. The Balaban J connectivity index is 3.77. The fourth-order valence-corrected chi connectivity index (χ4v) is 1.17. The molecule has 0 heterocycles. The summed E-state index contributed by atoms with van der Waals surface area (Å²) in [6.45, 7) is 0. The van der Waals surface area contributed by atoms with E-state index in [0.29, 0.717) is 12.8 Å². The molecule has 0 rings (SSSR count). The van der Waals surface area contributed by atoms with Crippen molar-refractivity contribution < 1.29 is 18.9 Å². The maximum atomic E-state index is 5.86. The van der Waals surface area contributed by atoms with E-state index in [-0.39, 0.29) is 18.6 Å². The van der Waals surface area contributed by atoms with Gasteiger partial charge in [0.2, 0.25) is 0 Å². The van der Waals surface area contributed by atoms with Crippen LogP contribution < -0.4 is 5.73 Å². The van der Waals surface area contributed by atoms with Crippen LogP contribution in [0.25, 0.3) is 0 Å². The number of nitrogens with two attached hydrogens (primary N) is 1. The van der Waals surface area contributed by atoms with Crippen LogP contribution >= 0.6 is 0 Å². The number of hydrogen-bond acceptors (Lipinski definition) is 5.